The van der Waals surface area contributed by atoms with Gasteiger partial charge in [0.25, 0.3) is 0 Å². The maximum atomic E-state index is 5.43. The number of aromatic nitrogens is 1. The summed E-state index contributed by atoms with van der Waals surface area (Å²) in [7, 11) is 0. The number of oxime groups is 1. The van der Waals surface area contributed by atoms with Crippen LogP contribution in [0.15, 0.2) is 65.9 Å². The molecule has 1 saturated carbocycles. The maximum absolute atomic E-state index is 5.43. The highest BCUT2D eigenvalue weighted by molar-refractivity contribution is 5.98. The van der Waals surface area contributed by atoms with E-state index in [1.54, 1.807) is 0 Å². The van der Waals surface area contributed by atoms with Gasteiger partial charge in [0.2, 0.25) is 0 Å². The van der Waals surface area contributed by atoms with Gasteiger partial charge in [0, 0.05) is 29.1 Å². The molecular formula is C21H20N2O. The van der Waals surface area contributed by atoms with Crippen molar-refractivity contribution in [2.45, 2.75) is 25.2 Å². The Morgan fingerprint density at radius 1 is 0.958 bits per heavy atom. The Bertz CT molecular complexity index is 910. The lowest BCUT2D eigenvalue weighted by molar-refractivity contribution is 0.152. The minimum atomic E-state index is 0.390. The van der Waals surface area contributed by atoms with Crippen LogP contribution in [0.2, 0.25) is 0 Å². The molecule has 3 nitrogen and oxygen atoms in total. The summed E-state index contributed by atoms with van der Waals surface area (Å²) >= 11 is 0. The van der Waals surface area contributed by atoms with Crippen molar-refractivity contribution in [3.63, 3.8) is 0 Å². The first-order valence-corrected chi connectivity index (χ1v) is 8.77. The molecule has 0 unspecified atom stereocenters. The third-order valence-corrected chi connectivity index (χ3v) is 5.42. The topological polar surface area (TPSA) is 26.5 Å². The summed E-state index contributed by atoms with van der Waals surface area (Å²) in [5.74, 6) is 0.906. The number of fused-ring (bicyclic) bond motifs is 2. The highest BCUT2D eigenvalue weighted by Gasteiger charge is 2.35. The second-order valence-corrected chi connectivity index (χ2v) is 6.80. The Morgan fingerprint density at radius 3 is 2.71 bits per heavy atom. The van der Waals surface area contributed by atoms with Crippen molar-refractivity contribution < 1.29 is 4.84 Å². The van der Waals surface area contributed by atoms with Crippen LogP contribution in [0.3, 0.4) is 0 Å². The molecule has 0 saturated heterocycles. The molecule has 0 bridgehead atoms. The summed E-state index contributed by atoms with van der Waals surface area (Å²) in [6, 6.07) is 19.3. The first-order valence-electron chi connectivity index (χ1n) is 8.77. The SMILES string of the molecule is c1ccc(-n2cc([C@@H]3CCC[C@@H]4CON=C43)c3ccccc32)cc1. The zero-order chi connectivity index (χ0) is 15.9. The fourth-order valence-electron chi connectivity index (χ4n) is 4.26. The second kappa shape index (κ2) is 5.52. The van der Waals surface area contributed by atoms with E-state index in [0.717, 1.165) is 6.61 Å². The number of benzene rings is 2. The molecule has 5 rings (SSSR count). The van der Waals surface area contributed by atoms with E-state index in [2.05, 4.69) is 70.5 Å². The van der Waals surface area contributed by atoms with Crippen molar-refractivity contribution in [3.8, 4) is 5.69 Å². The normalized spacial score (nSPS) is 22.9. The molecule has 2 aromatic carbocycles. The summed E-state index contributed by atoms with van der Waals surface area (Å²) < 4.78 is 2.31. The molecule has 0 spiro atoms. The monoisotopic (exact) mass is 316 g/mol. The molecule has 1 aliphatic heterocycles. The molecule has 0 amide bonds. The number of nitrogens with zero attached hydrogens (tertiary/aromatic N) is 2. The molecule has 3 aromatic rings. The fraction of sp³-hybridized carbons (Fsp3) is 0.286. The molecule has 0 radical (unpaired) electrons. The number of rotatable bonds is 2. The molecule has 1 aliphatic carbocycles. The van der Waals surface area contributed by atoms with Crippen LogP contribution in [-0.2, 0) is 4.84 Å². The van der Waals surface area contributed by atoms with Gasteiger partial charge in [-0.05, 0) is 36.6 Å². The first kappa shape index (κ1) is 13.8. The molecule has 24 heavy (non-hydrogen) atoms. The van der Waals surface area contributed by atoms with Crippen molar-refractivity contribution >= 4 is 16.6 Å². The van der Waals surface area contributed by atoms with Crippen molar-refractivity contribution in [2.75, 3.05) is 6.61 Å². The van der Waals surface area contributed by atoms with E-state index in [1.807, 2.05) is 0 Å². The molecular weight excluding hydrogens is 296 g/mol. The van der Waals surface area contributed by atoms with E-state index in [-0.39, 0.29) is 0 Å². The predicted molar refractivity (Wildman–Crippen MR) is 96.7 cm³/mol. The van der Waals surface area contributed by atoms with Gasteiger partial charge in [0.05, 0.1) is 11.2 Å². The lowest BCUT2D eigenvalue weighted by Gasteiger charge is -2.25. The summed E-state index contributed by atoms with van der Waals surface area (Å²) in [4.78, 5) is 5.43. The predicted octanol–water partition coefficient (Wildman–Crippen LogP) is 4.90. The number of hydrogen-bond donors (Lipinski definition) is 0. The average molecular weight is 316 g/mol. The molecule has 1 aromatic heterocycles. The van der Waals surface area contributed by atoms with Crippen molar-refractivity contribution in [2.24, 2.45) is 11.1 Å². The van der Waals surface area contributed by atoms with Crippen LogP contribution in [0.5, 0.6) is 0 Å². The quantitative estimate of drug-likeness (QED) is 0.660. The largest absolute Gasteiger partial charge is 0.395 e. The summed E-state index contributed by atoms with van der Waals surface area (Å²) in [5.41, 5.74) is 5.12. The van der Waals surface area contributed by atoms with E-state index in [1.165, 1.54) is 47.1 Å². The third kappa shape index (κ3) is 2.08. The summed E-state index contributed by atoms with van der Waals surface area (Å²) in [6.45, 7) is 0.767. The van der Waals surface area contributed by atoms with Crippen LogP contribution in [0.1, 0.15) is 30.7 Å². The summed E-state index contributed by atoms with van der Waals surface area (Å²) in [5, 5.41) is 5.75. The minimum Gasteiger partial charge on any atom is -0.395 e. The Morgan fingerprint density at radius 2 is 1.79 bits per heavy atom. The van der Waals surface area contributed by atoms with Gasteiger partial charge >= 0.3 is 0 Å². The Hall–Kier alpha value is -2.55. The van der Waals surface area contributed by atoms with Gasteiger partial charge in [0.15, 0.2) is 0 Å². The average Bonchev–Trinajstić information content (AvgIpc) is 3.27. The van der Waals surface area contributed by atoms with E-state index >= 15 is 0 Å². The minimum absolute atomic E-state index is 0.390. The summed E-state index contributed by atoms with van der Waals surface area (Å²) in [6.07, 6.45) is 5.95. The Labute approximate surface area is 141 Å². The van der Waals surface area contributed by atoms with E-state index in [9.17, 15) is 0 Å². The van der Waals surface area contributed by atoms with Gasteiger partial charge in [-0.1, -0.05) is 48.0 Å². The highest BCUT2D eigenvalue weighted by atomic mass is 16.6. The molecule has 120 valence electrons. The van der Waals surface area contributed by atoms with Crippen LogP contribution in [0.4, 0.5) is 0 Å². The molecule has 3 heteroatoms. The van der Waals surface area contributed by atoms with Gasteiger partial charge in [-0.3, -0.25) is 0 Å². The maximum Gasteiger partial charge on any atom is 0.125 e. The van der Waals surface area contributed by atoms with Crippen molar-refractivity contribution in [3.05, 3.63) is 66.4 Å². The Balaban J connectivity index is 1.69. The number of hydrogen-bond acceptors (Lipinski definition) is 2. The van der Waals surface area contributed by atoms with Gasteiger partial charge in [0.1, 0.15) is 6.61 Å². The van der Waals surface area contributed by atoms with Crippen LogP contribution >= 0.6 is 0 Å². The van der Waals surface area contributed by atoms with Crippen molar-refractivity contribution in [1.82, 2.24) is 4.57 Å². The Kier molecular flexibility index (Phi) is 3.18. The van der Waals surface area contributed by atoms with Crippen LogP contribution in [0, 0.1) is 5.92 Å². The van der Waals surface area contributed by atoms with Crippen LogP contribution in [0.25, 0.3) is 16.6 Å². The van der Waals surface area contributed by atoms with Gasteiger partial charge < -0.3 is 9.40 Å². The van der Waals surface area contributed by atoms with E-state index in [4.69, 9.17) is 4.84 Å². The molecule has 2 atom stereocenters. The lowest BCUT2D eigenvalue weighted by Crippen LogP contribution is -2.25. The van der Waals surface area contributed by atoms with Gasteiger partial charge in [-0.2, -0.15) is 0 Å². The van der Waals surface area contributed by atoms with Crippen LogP contribution in [-0.4, -0.2) is 16.9 Å². The third-order valence-electron chi connectivity index (χ3n) is 5.42. The second-order valence-electron chi connectivity index (χ2n) is 6.80. The number of para-hydroxylation sites is 2. The first-order chi connectivity index (χ1) is 11.9. The van der Waals surface area contributed by atoms with Crippen LogP contribution < -0.4 is 0 Å². The molecule has 2 heterocycles. The molecule has 0 N–H and O–H groups in total. The van der Waals surface area contributed by atoms with Gasteiger partial charge in [-0.25, -0.2) is 0 Å². The van der Waals surface area contributed by atoms with E-state index in [0.29, 0.717) is 11.8 Å². The lowest BCUT2D eigenvalue weighted by atomic mass is 9.77. The van der Waals surface area contributed by atoms with Crippen molar-refractivity contribution in [1.29, 1.82) is 0 Å². The van der Waals surface area contributed by atoms with Gasteiger partial charge in [-0.15, -0.1) is 0 Å². The van der Waals surface area contributed by atoms with E-state index < -0.39 is 0 Å². The zero-order valence-electron chi connectivity index (χ0n) is 13.6. The highest BCUT2D eigenvalue weighted by Crippen LogP contribution is 2.40. The molecule has 1 fully saturated rings. The fourth-order valence-corrected chi connectivity index (χ4v) is 4.26. The molecule has 2 aliphatic rings. The smallest absolute Gasteiger partial charge is 0.125 e. The zero-order valence-corrected chi connectivity index (χ0v) is 13.6. The standard InChI is InChI=1S/C21H20N2O/c1-2-8-16(9-3-1)23-13-19(17-10-4-5-12-20(17)23)18-11-6-7-15-14-24-22-21(15)18/h1-5,8-10,12-13,15,18H,6-7,11,14H2/t15-,18+/m1/s1.